The number of nitrogen functional groups attached to an aromatic ring is 1. The summed E-state index contributed by atoms with van der Waals surface area (Å²) in [5.74, 6) is 1.08. The van der Waals surface area contributed by atoms with Crippen molar-refractivity contribution in [3.8, 4) is 0 Å². The smallest absolute Gasteiger partial charge is 0.137 e. The zero-order valence-corrected chi connectivity index (χ0v) is 11.2. The molecular formula is C15H13N3S. The Bertz CT molecular complexity index is 763. The van der Waals surface area contributed by atoms with Crippen LogP contribution in [0.25, 0.3) is 10.1 Å². The van der Waals surface area contributed by atoms with Gasteiger partial charge in [0.15, 0.2) is 0 Å². The van der Waals surface area contributed by atoms with Crippen LogP contribution in [0.2, 0.25) is 0 Å². The Hall–Kier alpha value is -2.07. The van der Waals surface area contributed by atoms with Gasteiger partial charge in [0.1, 0.15) is 5.82 Å². The van der Waals surface area contributed by atoms with Crippen molar-refractivity contribution in [1.29, 1.82) is 0 Å². The lowest BCUT2D eigenvalue weighted by molar-refractivity contribution is 0.863. The van der Waals surface area contributed by atoms with Crippen molar-refractivity contribution < 1.29 is 0 Å². The first-order chi connectivity index (χ1) is 9.31. The van der Waals surface area contributed by atoms with Crippen LogP contribution in [0.1, 0.15) is 11.1 Å². The molecule has 3 heterocycles. The molecule has 0 atom stereocenters. The van der Waals surface area contributed by atoms with E-state index in [1.807, 2.05) is 12.3 Å². The second-order valence-electron chi connectivity index (χ2n) is 4.85. The average Bonchev–Trinajstić information content (AvgIpc) is 3.03. The maximum absolute atomic E-state index is 5.86. The lowest BCUT2D eigenvalue weighted by atomic mass is 10.1. The molecule has 0 radical (unpaired) electrons. The molecule has 1 aliphatic heterocycles. The molecule has 4 rings (SSSR count). The van der Waals surface area contributed by atoms with Gasteiger partial charge in [0.25, 0.3) is 0 Å². The van der Waals surface area contributed by atoms with E-state index in [1.54, 1.807) is 11.3 Å². The molecular weight excluding hydrogens is 254 g/mol. The fourth-order valence-corrected chi connectivity index (χ4v) is 3.47. The Morgan fingerprint density at radius 2 is 2.00 bits per heavy atom. The van der Waals surface area contributed by atoms with E-state index in [-0.39, 0.29) is 0 Å². The van der Waals surface area contributed by atoms with Gasteiger partial charge in [-0.15, -0.1) is 11.3 Å². The highest BCUT2D eigenvalue weighted by molar-refractivity contribution is 7.17. The first-order valence-corrected chi connectivity index (χ1v) is 7.14. The highest BCUT2D eigenvalue weighted by Gasteiger charge is 2.21. The van der Waals surface area contributed by atoms with Crippen LogP contribution in [-0.2, 0) is 13.1 Å². The molecule has 0 unspecified atom stereocenters. The summed E-state index contributed by atoms with van der Waals surface area (Å²) in [6, 6.07) is 10.4. The summed E-state index contributed by atoms with van der Waals surface area (Å²) < 4.78 is 1.29. The van der Waals surface area contributed by atoms with Gasteiger partial charge in [-0.05, 0) is 40.8 Å². The Morgan fingerprint density at radius 1 is 1.11 bits per heavy atom. The molecule has 1 aromatic carbocycles. The second kappa shape index (κ2) is 3.96. The zero-order chi connectivity index (χ0) is 12.8. The van der Waals surface area contributed by atoms with Gasteiger partial charge in [-0.25, -0.2) is 4.98 Å². The van der Waals surface area contributed by atoms with Crippen LogP contribution in [0.3, 0.4) is 0 Å². The summed E-state index contributed by atoms with van der Waals surface area (Å²) >= 11 is 1.76. The minimum atomic E-state index is 0.835. The highest BCUT2D eigenvalue weighted by atomic mass is 32.1. The fourth-order valence-electron chi connectivity index (χ4n) is 2.70. The number of nitrogens with two attached hydrogens (primary N) is 1. The van der Waals surface area contributed by atoms with Gasteiger partial charge >= 0.3 is 0 Å². The number of anilines is 2. The number of thiophene rings is 1. The van der Waals surface area contributed by atoms with E-state index in [4.69, 9.17) is 5.73 Å². The van der Waals surface area contributed by atoms with Crippen molar-refractivity contribution in [3.63, 3.8) is 0 Å². The molecule has 0 spiro atoms. The van der Waals surface area contributed by atoms with Crippen LogP contribution in [0, 0.1) is 0 Å². The molecule has 19 heavy (non-hydrogen) atoms. The minimum Gasteiger partial charge on any atom is -0.399 e. The van der Waals surface area contributed by atoms with E-state index in [0.29, 0.717) is 0 Å². The molecule has 0 amide bonds. The maximum Gasteiger partial charge on any atom is 0.137 e. The topological polar surface area (TPSA) is 42.1 Å². The zero-order valence-electron chi connectivity index (χ0n) is 10.3. The van der Waals surface area contributed by atoms with Crippen LogP contribution >= 0.6 is 11.3 Å². The lowest BCUT2D eigenvalue weighted by Gasteiger charge is -2.17. The molecule has 0 aliphatic carbocycles. The number of rotatable bonds is 1. The van der Waals surface area contributed by atoms with E-state index in [9.17, 15) is 0 Å². The van der Waals surface area contributed by atoms with E-state index >= 15 is 0 Å². The van der Waals surface area contributed by atoms with Gasteiger partial charge < -0.3 is 10.6 Å². The van der Waals surface area contributed by atoms with Gasteiger partial charge in [-0.1, -0.05) is 6.07 Å². The molecule has 4 heteroatoms. The standard InChI is InChI=1S/C15H13N3S/c16-12-2-1-10-8-18(9-11(10)7-12)15-13-4-6-19-14(13)3-5-17-15/h1-7H,8-9,16H2. The van der Waals surface area contributed by atoms with Crippen LogP contribution in [0.15, 0.2) is 41.9 Å². The van der Waals surface area contributed by atoms with E-state index < -0.39 is 0 Å². The monoisotopic (exact) mass is 267 g/mol. The third-order valence-electron chi connectivity index (χ3n) is 3.61. The number of nitrogens with zero attached hydrogens (tertiary/aromatic N) is 2. The number of hydrogen-bond acceptors (Lipinski definition) is 4. The summed E-state index contributed by atoms with van der Waals surface area (Å²) in [7, 11) is 0. The Balaban J connectivity index is 1.78. The summed E-state index contributed by atoms with van der Waals surface area (Å²) in [5.41, 5.74) is 9.36. The van der Waals surface area contributed by atoms with Gasteiger partial charge in [0.2, 0.25) is 0 Å². The van der Waals surface area contributed by atoms with Gasteiger partial charge in [-0.2, -0.15) is 0 Å². The normalized spacial score (nSPS) is 14.0. The molecule has 1 aliphatic rings. The van der Waals surface area contributed by atoms with E-state index in [0.717, 1.165) is 24.6 Å². The molecule has 2 N–H and O–H groups in total. The third-order valence-corrected chi connectivity index (χ3v) is 4.49. The second-order valence-corrected chi connectivity index (χ2v) is 5.80. The van der Waals surface area contributed by atoms with Gasteiger partial charge in [-0.3, -0.25) is 0 Å². The predicted molar refractivity (Wildman–Crippen MR) is 80.4 cm³/mol. The van der Waals surface area contributed by atoms with E-state index in [1.165, 1.54) is 21.2 Å². The maximum atomic E-state index is 5.86. The summed E-state index contributed by atoms with van der Waals surface area (Å²) in [5, 5.41) is 3.37. The van der Waals surface area contributed by atoms with E-state index in [2.05, 4.69) is 39.5 Å². The van der Waals surface area contributed by atoms with Crippen molar-refractivity contribution >= 4 is 32.9 Å². The largest absolute Gasteiger partial charge is 0.399 e. The van der Waals surface area contributed by atoms with Gasteiger partial charge in [0.05, 0.1) is 0 Å². The molecule has 3 nitrogen and oxygen atoms in total. The molecule has 2 aromatic heterocycles. The number of aromatic nitrogens is 1. The minimum absolute atomic E-state index is 0.835. The molecule has 94 valence electrons. The van der Waals surface area contributed by atoms with Gasteiger partial charge in [0, 0.05) is 35.1 Å². The molecule has 3 aromatic rings. The summed E-state index contributed by atoms with van der Waals surface area (Å²) in [4.78, 5) is 6.89. The lowest BCUT2D eigenvalue weighted by Crippen LogP contribution is -2.15. The number of hydrogen-bond donors (Lipinski definition) is 1. The predicted octanol–water partition coefficient (Wildman–Crippen LogP) is 3.40. The molecule has 0 saturated heterocycles. The number of benzene rings is 1. The van der Waals surface area contributed by atoms with Crippen molar-refractivity contribution in [2.24, 2.45) is 0 Å². The summed E-state index contributed by atoms with van der Waals surface area (Å²) in [6.07, 6.45) is 1.89. The quantitative estimate of drug-likeness (QED) is 0.687. The molecule has 0 fully saturated rings. The number of pyridine rings is 1. The van der Waals surface area contributed by atoms with Crippen LogP contribution in [0.5, 0.6) is 0 Å². The van der Waals surface area contributed by atoms with Crippen LogP contribution < -0.4 is 10.6 Å². The molecule has 0 saturated carbocycles. The SMILES string of the molecule is Nc1ccc2c(c1)CN(c1nccc3sccc13)C2. The first kappa shape index (κ1) is 10.8. The average molecular weight is 267 g/mol. The fraction of sp³-hybridized carbons (Fsp3) is 0.133. The third kappa shape index (κ3) is 1.68. The molecule has 0 bridgehead atoms. The van der Waals surface area contributed by atoms with Crippen LogP contribution in [-0.4, -0.2) is 4.98 Å². The Labute approximate surface area is 115 Å². The summed E-state index contributed by atoms with van der Waals surface area (Å²) in [6.45, 7) is 1.81. The van der Waals surface area contributed by atoms with Crippen LogP contribution in [0.4, 0.5) is 11.5 Å². The highest BCUT2D eigenvalue weighted by Crippen LogP contribution is 2.34. The van der Waals surface area contributed by atoms with Crippen molar-refractivity contribution in [1.82, 2.24) is 4.98 Å². The van der Waals surface area contributed by atoms with Crippen molar-refractivity contribution in [2.75, 3.05) is 10.6 Å². The number of fused-ring (bicyclic) bond motifs is 2. The van der Waals surface area contributed by atoms with Crippen molar-refractivity contribution in [2.45, 2.75) is 13.1 Å². The Kier molecular flexibility index (Phi) is 2.26. The Morgan fingerprint density at radius 3 is 2.95 bits per heavy atom. The van der Waals surface area contributed by atoms with Crippen molar-refractivity contribution in [3.05, 3.63) is 53.0 Å². The first-order valence-electron chi connectivity index (χ1n) is 6.26.